The molecule has 0 spiro atoms. The van der Waals surface area contributed by atoms with Crippen LogP contribution in [-0.2, 0) is 11.2 Å². The molecule has 0 heterocycles. The molecule has 0 unspecified atom stereocenters. The summed E-state index contributed by atoms with van der Waals surface area (Å²) in [4.78, 5) is 21.4. The first-order chi connectivity index (χ1) is 7.91. The maximum Gasteiger partial charge on any atom is 0.269 e. The Morgan fingerprint density at radius 2 is 1.94 bits per heavy atom. The van der Waals surface area contributed by atoms with Crippen LogP contribution in [0.2, 0.25) is 0 Å². The SMILES string of the molecule is NC(=S)N(N)C(=O)Cc1ccc([N+](=O)[O-])cc1. The van der Waals surface area contributed by atoms with E-state index in [1.807, 2.05) is 0 Å². The van der Waals surface area contributed by atoms with Crippen LogP contribution in [0.3, 0.4) is 0 Å². The van der Waals surface area contributed by atoms with Gasteiger partial charge in [0.1, 0.15) is 0 Å². The maximum absolute atomic E-state index is 11.5. The van der Waals surface area contributed by atoms with E-state index in [2.05, 4.69) is 12.2 Å². The first-order valence-electron chi connectivity index (χ1n) is 4.52. The number of carbonyl (C=O) groups is 1. The lowest BCUT2D eigenvalue weighted by atomic mass is 10.1. The van der Waals surface area contributed by atoms with Crippen LogP contribution in [0.15, 0.2) is 24.3 Å². The van der Waals surface area contributed by atoms with Gasteiger partial charge in [0, 0.05) is 12.1 Å². The van der Waals surface area contributed by atoms with Crippen LogP contribution < -0.4 is 11.6 Å². The summed E-state index contributed by atoms with van der Waals surface area (Å²) in [5, 5.41) is 10.8. The number of amides is 1. The van der Waals surface area contributed by atoms with E-state index in [4.69, 9.17) is 11.6 Å². The van der Waals surface area contributed by atoms with Gasteiger partial charge in [-0.1, -0.05) is 12.1 Å². The van der Waals surface area contributed by atoms with Gasteiger partial charge in [-0.3, -0.25) is 14.9 Å². The van der Waals surface area contributed by atoms with Gasteiger partial charge in [0.25, 0.3) is 5.69 Å². The van der Waals surface area contributed by atoms with E-state index in [0.29, 0.717) is 10.6 Å². The summed E-state index contributed by atoms with van der Waals surface area (Å²) in [6, 6.07) is 5.57. The number of rotatable bonds is 3. The molecule has 90 valence electrons. The van der Waals surface area contributed by atoms with Crippen molar-refractivity contribution in [3.8, 4) is 0 Å². The Morgan fingerprint density at radius 3 is 2.35 bits per heavy atom. The molecule has 0 radical (unpaired) electrons. The Labute approximate surface area is 102 Å². The molecule has 17 heavy (non-hydrogen) atoms. The smallest absolute Gasteiger partial charge is 0.269 e. The van der Waals surface area contributed by atoms with Crippen LogP contribution in [0.5, 0.6) is 0 Å². The number of benzene rings is 1. The second kappa shape index (κ2) is 5.32. The lowest BCUT2D eigenvalue weighted by Gasteiger charge is -2.13. The van der Waals surface area contributed by atoms with Crippen molar-refractivity contribution in [1.29, 1.82) is 0 Å². The minimum Gasteiger partial charge on any atom is -0.375 e. The highest BCUT2D eigenvalue weighted by Crippen LogP contribution is 2.12. The Kier molecular flexibility index (Phi) is 4.07. The Morgan fingerprint density at radius 1 is 1.41 bits per heavy atom. The number of non-ortho nitro benzene ring substituents is 1. The third kappa shape index (κ3) is 3.47. The number of nitro groups is 1. The van der Waals surface area contributed by atoms with Gasteiger partial charge in [0.15, 0.2) is 5.11 Å². The summed E-state index contributed by atoms with van der Waals surface area (Å²) in [6.45, 7) is 0. The maximum atomic E-state index is 11.5. The van der Waals surface area contributed by atoms with E-state index in [9.17, 15) is 14.9 Å². The van der Waals surface area contributed by atoms with Gasteiger partial charge in [-0.2, -0.15) is 0 Å². The number of nitrogens with zero attached hydrogens (tertiary/aromatic N) is 2. The van der Waals surface area contributed by atoms with Gasteiger partial charge in [-0.15, -0.1) is 0 Å². The molecule has 0 saturated heterocycles. The van der Waals surface area contributed by atoms with E-state index in [1.54, 1.807) is 0 Å². The van der Waals surface area contributed by atoms with Crippen LogP contribution in [0.25, 0.3) is 0 Å². The molecular weight excluding hydrogens is 244 g/mol. The average Bonchev–Trinajstić information content (AvgIpc) is 2.28. The summed E-state index contributed by atoms with van der Waals surface area (Å²) < 4.78 is 0. The average molecular weight is 254 g/mol. The van der Waals surface area contributed by atoms with E-state index in [1.165, 1.54) is 24.3 Å². The topological polar surface area (TPSA) is 115 Å². The molecule has 0 aliphatic heterocycles. The summed E-state index contributed by atoms with van der Waals surface area (Å²) in [5.41, 5.74) is 5.73. The van der Waals surface area contributed by atoms with Gasteiger partial charge < -0.3 is 5.73 Å². The summed E-state index contributed by atoms with van der Waals surface area (Å²) in [7, 11) is 0. The second-order valence-corrected chi connectivity index (χ2v) is 3.62. The first kappa shape index (κ1) is 13.0. The van der Waals surface area contributed by atoms with Crippen LogP contribution in [0.1, 0.15) is 5.56 Å². The van der Waals surface area contributed by atoms with E-state index >= 15 is 0 Å². The zero-order valence-corrected chi connectivity index (χ0v) is 9.52. The van der Waals surface area contributed by atoms with Crippen molar-refractivity contribution in [3.05, 3.63) is 39.9 Å². The third-order valence-corrected chi connectivity index (χ3v) is 2.21. The molecule has 0 aromatic heterocycles. The van der Waals surface area contributed by atoms with Crippen LogP contribution >= 0.6 is 12.2 Å². The predicted molar refractivity (Wildman–Crippen MR) is 64.6 cm³/mol. The van der Waals surface area contributed by atoms with Crippen molar-refractivity contribution < 1.29 is 9.72 Å². The fourth-order valence-electron chi connectivity index (χ4n) is 1.12. The highest BCUT2D eigenvalue weighted by atomic mass is 32.1. The largest absolute Gasteiger partial charge is 0.375 e. The molecule has 0 atom stereocenters. The molecule has 1 amide bonds. The van der Waals surface area contributed by atoms with E-state index in [-0.39, 0.29) is 17.2 Å². The van der Waals surface area contributed by atoms with Crippen molar-refractivity contribution in [2.24, 2.45) is 11.6 Å². The number of nitrogens with two attached hydrogens (primary N) is 2. The van der Waals surface area contributed by atoms with E-state index in [0.717, 1.165) is 0 Å². The number of hydrogen-bond acceptors (Lipinski definition) is 5. The van der Waals surface area contributed by atoms with Gasteiger partial charge in [0.05, 0.1) is 11.3 Å². The lowest BCUT2D eigenvalue weighted by Crippen LogP contribution is -2.46. The van der Waals surface area contributed by atoms with Crippen LogP contribution in [-0.4, -0.2) is 21.0 Å². The predicted octanol–water partition coefficient (Wildman–Crippen LogP) is 0.0832. The van der Waals surface area contributed by atoms with Gasteiger partial charge >= 0.3 is 0 Å². The molecule has 0 saturated carbocycles. The lowest BCUT2D eigenvalue weighted by molar-refractivity contribution is -0.384. The molecule has 1 aromatic rings. The summed E-state index contributed by atoms with van der Waals surface area (Å²) >= 11 is 4.53. The normalized spacial score (nSPS) is 9.71. The summed E-state index contributed by atoms with van der Waals surface area (Å²) in [6.07, 6.45) is -0.0220. The molecule has 0 aliphatic carbocycles. The fourth-order valence-corrected chi connectivity index (χ4v) is 1.22. The molecular formula is C9H10N4O3S. The number of hydrogen-bond donors (Lipinski definition) is 2. The van der Waals surface area contributed by atoms with Gasteiger partial charge in [-0.25, -0.2) is 10.9 Å². The Balaban J connectivity index is 2.73. The molecule has 1 rings (SSSR count). The number of thiocarbonyl (C=S) groups is 1. The third-order valence-electron chi connectivity index (χ3n) is 2.01. The van der Waals surface area contributed by atoms with Gasteiger partial charge in [-0.05, 0) is 17.8 Å². The first-order valence-corrected chi connectivity index (χ1v) is 4.93. The number of nitro benzene ring substituents is 1. The molecule has 0 fully saturated rings. The molecule has 1 aromatic carbocycles. The quantitative estimate of drug-likeness (QED) is 0.259. The van der Waals surface area contributed by atoms with Crippen LogP contribution in [0, 0.1) is 10.1 Å². The molecule has 0 aliphatic rings. The second-order valence-electron chi connectivity index (χ2n) is 3.20. The number of carbonyl (C=O) groups excluding carboxylic acids is 1. The van der Waals surface area contributed by atoms with Crippen LogP contribution in [0.4, 0.5) is 5.69 Å². The fraction of sp³-hybridized carbons (Fsp3) is 0.111. The van der Waals surface area contributed by atoms with Crippen molar-refractivity contribution in [1.82, 2.24) is 5.01 Å². The standard InChI is InChI=1S/C9H10N4O3S/c10-9(17)12(11)8(14)5-6-1-3-7(4-2-6)13(15)16/h1-4H,5,11H2,(H2,10,17). The zero-order valence-electron chi connectivity index (χ0n) is 8.70. The zero-order chi connectivity index (χ0) is 13.0. The minimum absolute atomic E-state index is 0.0220. The van der Waals surface area contributed by atoms with Crippen molar-refractivity contribution in [2.45, 2.75) is 6.42 Å². The van der Waals surface area contributed by atoms with Crippen molar-refractivity contribution in [2.75, 3.05) is 0 Å². The van der Waals surface area contributed by atoms with Crippen molar-refractivity contribution >= 4 is 28.9 Å². The monoisotopic (exact) mass is 254 g/mol. The highest BCUT2D eigenvalue weighted by Gasteiger charge is 2.13. The molecule has 7 nitrogen and oxygen atoms in total. The summed E-state index contributed by atoms with van der Waals surface area (Å²) in [5.74, 6) is 4.82. The molecule has 0 bridgehead atoms. The minimum atomic E-state index is -0.518. The molecule has 4 N–H and O–H groups in total. The van der Waals surface area contributed by atoms with Crippen molar-refractivity contribution in [3.63, 3.8) is 0 Å². The van der Waals surface area contributed by atoms with E-state index < -0.39 is 10.8 Å². The van der Waals surface area contributed by atoms with Gasteiger partial charge in [0.2, 0.25) is 5.91 Å². The molecule has 8 heteroatoms. The highest BCUT2D eigenvalue weighted by molar-refractivity contribution is 7.80. The Bertz CT molecular complexity index is 460. The number of hydrazine groups is 1. The Hall–Kier alpha value is -2.06.